The Morgan fingerprint density at radius 1 is 1.00 bits per heavy atom. The first-order valence-corrected chi connectivity index (χ1v) is 6.95. The zero-order valence-corrected chi connectivity index (χ0v) is 12.9. The summed E-state index contributed by atoms with van der Waals surface area (Å²) in [5.41, 5.74) is 5.80. The van der Waals surface area contributed by atoms with E-state index in [0.717, 1.165) is 13.0 Å². The van der Waals surface area contributed by atoms with Gasteiger partial charge in [-0.2, -0.15) is 0 Å². The van der Waals surface area contributed by atoms with Gasteiger partial charge in [0.05, 0.1) is 0 Å². The average molecular weight is 260 g/mol. The monoisotopic (exact) mass is 260 g/mol. The number of nitrogens with two attached hydrogens (primary N) is 1. The second kappa shape index (κ2) is 9.73. The van der Waals surface area contributed by atoms with E-state index in [4.69, 9.17) is 15.2 Å². The first-order chi connectivity index (χ1) is 8.46. The lowest BCUT2D eigenvalue weighted by Crippen LogP contribution is -2.43. The van der Waals surface area contributed by atoms with Crippen LogP contribution in [0.25, 0.3) is 0 Å². The molecule has 0 saturated carbocycles. The number of rotatable bonds is 10. The molecule has 110 valence electrons. The first kappa shape index (κ1) is 17.8. The average Bonchev–Trinajstić information content (AvgIpc) is 2.32. The molecular weight excluding hydrogens is 228 g/mol. The van der Waals surface area contributed by atoms with E-state index in [-0.39, 0.29) is 12.3 Å². The summed E-state index contributed by atoms with van der Waals surface area (Å²) in [6.07, 6.45) is 0.606. The van der Waals surface area contributed by atoms with Crippen molar-refractivity contribution in [1.29, 1.82) is 0 Å². The van der Waals surface area contributed by atoms with Gasteiger partial charge in [0.2, 0.25) is 0 Å². The summed E-state index contributed by atoms with van der Waals surface area (Å²) in [4.78, 5) is 0. The molecule has 0 spiro atoms. The molecule has 0 saturated heterocycles. The molecule has 0 aromatic carbocycles. The third-order valence-electron chi connectivity index (χ3n) is 3.64. The highest BCUT2D eigenvalue weighted by molar-refractivity contribution is 4.75. The van der Waals surface area contributed by atoms with Crippen LogP contribution < -0.4 is 11.1 Å². The summed E-state index contributed by atoms with van der Waals surface area (Å²) in [6, 6.07) is 0.245. The van der Waals surface area contributed by atoms with Gasteiger partial charge >= 0.3 is 0 Å². The standard InChI is InChI=1S/C14H32N2O2/c1-10(2)13(11(3)4)9-16-12(8-15)7-14(17-5)18-6/h10-14,16H,7-9,15H2,1-6H3. The lowest BCUT2D eigenvalue weighted by atomic mass is 9.85. The van der Waals surface area contributed by atoms with Crippen LogP contribution in [0, 0.1) is 17.8 Å². The maximum absolute atomic E-state index is 5.80. The van der Waals surface area contributed by atoms with Gasteiger partial charge in [0, 0.05) is 33.2 Å². The summed E-state index contributed by atoms with van der Waals surface area (Å²) < 4.78 is 10.4. The van der Waals surface area contributed by atoms with Crippen LogP contribution in [0.2, 0.25) is 0 Å². The molecular formula is C14H32N2O2. The Labute approximate surface area is 113 Å². The SMILES string of the molecule is COC(CC(CN)NCC(C(C)C)C(C)C)OC. The van der Waals surface area contributed by atoms with Crippen molar-refractivity contribution in [2.24, 2.45) is 23.5 Å². The van der Waals surface area contributed by atoms with Gasteiger partial charge in [-0.05, 0) is 24.3 Å². The zero-order chi connectivity index (χ0) is 14.1. The van der Waals surface area contributed by atoms with Crippen LogP contribution in [-0.2, 0) is 9.47 Å². The van der Waals surface area contributed by atoms with Crippen molar-refractivity contribution in [2.75, 3.05) is 27.3 Å². The van der Waals surface area contributed by atoms with Crippen LogP contribution >= 0.6 is 0 Å². The molecule has 0 aromatic rings. The molecule has 0 aliphatic rings. The largest absolute Gasteiger partial charge is 0.356 e. The molecule has 3 N–H and O–H groups in total. The van der Waals surface area contributed by atoms with Crippen molar-refractivity contribution in [3.63, 3.8) is 0 Å². The molecule has 18 heavy (non-hydrogen) atoms. The number of hydrogen-bond donors (Lipinski definition) is 2. The van der Waals surface area contributed by atoms with E-state index in [1.807, 2.05) is 0 Å². The van der Waals surface area contributed by atoms with Crippen molar-refractivity contribution in [1.82, 2.24) is 5.32 Å². The Hall–Kier alpha value is -0.160. The predicted molar refractivity (Wildman–Crippen MR) is 76.4 cm³/mol. The second-order valence-corrected chi connectivity index (χ2v) is 5.63. The molecule has 4 heteroatoms. The molecule has 4 nitrogen and oxygen atoms in total. The lowest BCUT2D eigenvalue weighted by molar-refractivity contribution is -0.110. The smallest absolute Gasteiger partial charge is 0.158 e. The van der Waals surface area contributed by atoms with Crippen LogP contribution in [0.4, 0.5) is 0 Å². The summed E-state index contributed by atoms with van der Waals surface area (Å²) in [5.74, 6) is 2.02. The molecule has 0 fully saturated rings. The fraction of sp³-hybridized carbons (Fsp3) is 1.00. The van der Waals surface area contributed by atoms with E-state index in [1.165, 1.54) is 0 Å². The Morgan fingerprint density at radius 3 is 1.83 bits per heavy atom. The van der Waals surface area contributed by atoms with Gasteiger partial charge in [0.15, 0.2) is 6.29 Å². The Morgan fingerprint density at radius 2 is 1.50 bits per heavy atom. The van der Waals surface area contributed by atoms with Crippen molar-refractivity contribution in [3.05, 3.63) is 0 Å². The molecule has 1 atom stereocenters. The zero-order valence-electron chi connectivity index (χ0n) is 12.9. The number of hydrogen-bond acceptors (Lipinski definition) is 4. The van der Waals surface area contributed by atoms with Crippen LogP contribution in [0.3, 0.4) is 0 Å². The Kier molecular flexibility index (Phi) is 9.64. The van der Waals surface area contributed by atoms with E-state index in [0.29, 0.717) is 24.3 Å². The number of methoxy groups -OCH3 is 2. The second-order valence-electron chi connectivity index (χ2n) is 5.63. The van der Waals surface area contributed by atoms with Gasteiger partial charge in [-0.3, -0.25) is 0 Å². The van der Waals surface area contributed by atoms with E-state index in [9.17, 15) is 0 Å². The number of ether oxygens (including phenoxy) is 2. The molecule has 0 bridgehead atoms. The molecule has 1 unspecified atom stereocenters. The van der Waals surface area contributed by atoms with Crippen molar-refractivity contribution < 1.29 is 9.47 Å². The Balaban J connectivity index is 4.19. The van der Waals surface area contributed by atoms with Gasteiger partial charge in [0.25, 0.3) is 0 Å². The van der Waals surface area contributed by atoms with Crippen molar-refractivity contribution in [3.8, 4) is 0 Å². The quantitative estimate of drug-likeness (QED) is 0.589. The fourth-order valence-corrected chi connectivity index (χ4v) is 2.33. The normalized spacial score (nSPS) is 14.2. The predicted octanol–water partition coefficient (Wildman–Crippen LogP) is 1.84. The van der Waals surface area contributed by atoms with Crippen LogP contribution in [-0.4, -0.2) is 39.6 Å². The highest BCUT2D eigenvalue weighted by Gasteiger charge is 2.20. The summed E-state index contributed by atoms with van der Waals surface area (Å²) >= 11 is 0. The molecule has 0 aliphatic carbocycles. The summed E-state index contributed by atoms with van der Waals surface area (Å²) in [5, 5.41) is 3.55. The van der Waals surface area contributed by atoms with E-state index in [2.05, 4.69) is 33.0 Å². The first-order valence-electron chi connectivity index (χ1n) is 6.95. The van der Waals surface area contributed by atoms with Gasteiger partial charge < -0.3 is 20.5 Å². The van der Waals surface area contributed by atoms with Crippen LogP contribution in [0.1, 0.15) is 34.1 Å². The minimum atomic E-state index is -0.178. The summed E-state index contributed by atoms with van der Waals surface area (Å²) in [6.45, 7) is 10.7. The maximum Gasteiger partial charge on any atom is 0.158 e. The van der Waals surface area contributed by atoms with Gasteiger partial charge in [-0.25, -0.2) is 0 Å². The van der Waals surface area contributed by atoms with Crippen LogP contribution in [0.15, 0.2) is 0 Å². The fourth-order valence-electron chi connectivity index (χ4n) is 2.33. The molecule has 0 aromatic heterocycles. The minimum Gasteiger partial charge on any atom is -0.356 e. The lowest BCUT2D eigenvalue weighted by Gasteiger charge is -2.28. The van der Waals surface area contributed by atoms with E-state index >= 15 is 0 Å². The molecule has 0 amide bonds. The molecule has 0 rings (SSSR count). The van der Waals surface area contributed by atoms with Gasteiger partial charge in [-0.1, -0.05) is 27.7 Å². The topological polar surface area (TPSA) is 56.5 Å². The third kappa shape index (κ3) is 6.69. The molecule has 0 aliphatic heterocycles. The van der Waals surface area contributed by atoms with Crippen molar-refractivity contribution >= 4 is 0 Å². The summed E-state index contributed by atoms with van der Waals surface area (Å²) in [7, 11) is 3.32. The van der Waals surface area contributed by atoms with Gasteiger partial charge in [0.1, 0.15) is 0 Å². The van der Waals surface area contributed by atoms with Gasteiger partial charge in [-0.15, -0.1) is 0 Å². The van der Waals surface area contributed by atoms with Crippen LogP contribution in [0.5, 0.6) is 0 Å². The highest BCUT2D eigenvalue weighted by atomic mass is 16.7. The molecule has 0 heterocycles. The molecule has 0 radical (unpaired) electrons. The van der Waals surface area contributed by atoms with E-state index < -0.39 is 0 Å². The van der Waals surface area contributed by atoms with E-state index in [1.54, 1.807) is 14.2 Å². The van der Waals surface area contributed by atoms with Crippen molar-refractivity contribution in [2.45, 2.75) is 46.4 Å². The highest BCUT2D eigenvalue weighted by Crippen LogP contribution is 2.19. The minimum absolute atomic E-state index is 0.178. The number of nitrogens with one attached hydrogen (secondary N) is 1. The third-order valence-corrected chi connectivity index (χ3v) is 3.64. The maximum atomic E-state index is 5.80. The Bertz CT molecular complexity index is 186.